The highest BCUT2D eigenvalue weighted by Gasteiger charge is 2.13. The number of hydrogen-bond acceptors (Lipinski definition) is 2. The molecule has 0 saturated carbocycles. The van der Waals surface area contributed by atoms with Crippen LogP contribution in [0.3, 0.4) is 0 Å². The summed E-state index contributed by atoms with van der Waals surface area (Å²) in [5.41, 5.74) is 2.20. The van der Waals surface area contributed by atoms with Crippen LogP contribution in [0.2, 0.25) is 0 Å². The van der Waals surface area contributed by atoms with Crippen molar-refractivity contribution < 1.29 is 4.79 Å². The van der Waals surface area contributed by atoms with Crippen LogP contribution in [-0.4, -0.2) is 30.4 Å². The van der Waals surface area contributed by atoms with Crippen molar-refractivity contribution in [3.63, 3.8) is 0 Å². The number of carbonyl (C=O) groups is 1. The molecule has 0 unspecified atom stereocenters. The predicted octanol–water partition coefficient (Wildman–Crippen LogP) is 3.62. The molecular weight excluding hydrogens is 248 g/mol. The minimum absolute atomic E-state index is 0.101. The molecule has 0 spiro atoms. The number of rotatable bonds is 4. The highest BCUT2D eigenvalue weighted by Crippen LogP contribution is 2.17. The molecule has 110 valence electrons. The lowest BCUT2D eigenvalue weighted by Gasteiger charge is -2.19. The lowest BCUT2D eigenvalue weighted by atomic mass is 10.0. The van der Waals surface area contributed by atoms with E-state index >= 15 is 0 Å². The number of nitrogens with zero attached hydrogens (tertiary/aromatic N) is 1. The Kier molecular flexibility index (Phi) is 5.60. The van der Waals surface area contributed by atoms with Crippen LogP contribution in [0.25, 0.3) is 0 Å². The molecule has 1 aliphatic heterocycles. The van der Waals surface area contributed by atoms with Gasteiger partial charge in [-0.1, -0.05) is 38.8 Å². The molecule has 0 aliphatic carbocycles. The van der Waals surface area contributed by atoms with Gasteiger partial charge in [-0.3, -0.25) is 9.69 Å². The van der Waals surface area contributed by atoms with E-state index in [1.165, 1.54) is 31.2 Å². The highest BCUT2D eigenvalue weighted by atomic mass is 16.2. The summed E-state index contributed by atoms with van der Waals surface area (Å²) in [4.78, 5) is 14.3. The standard InChI is InChI=1S/C17H26N2O/c1-14(2)15-7-9-16(10-8-15)18-17(20)13-19-11-5-3-4-6-12-19/h7-10,14H,3-6,11-13H2,1-2H3,(H,18,20). The second-order valence-electron chi connectivity index (χ2n) is 6.02. The van der Waals surface area contributed by atoms with E-state index in [-0.39, 0.29) is 5.91 Å². The quantitative estimate of drug-likeness (QED) is 0.909. The Bertz CT molecular complexity index is 417. The van der Waals surface area contributed by atoms with E-state index in [0.29, 0.717) is 12.5 Å². The van der Waals surface area contributed by atoms with Crippen LogP contribution in [0.5, 0.6) is 0 Å². The molecule has 0 aromatic heterocycles. The summed E-state index contributed by atoms with van der Waals surface area (Å²) in [7, 11) is 0. The van der Waals surface area contributed by atoms with Crippen LogP contribution in [-0.2, 0) is 4.79 Å². The van der Waals surface area contributed by atoms with E-state index in [4.69, 9.17) is 0 Å². The van der Waals surface area contributed by atoms with Gasteiger partial charge < -0.3 is 5.32 Å². The van der Waals surface area contributed by atoms with E-state index in [1.807, 2.05) is 12.1 Å². The van der Waals surface area contributed by atoms with Crippen molar-refractivity contribution in [3.8, 4) is 0 Å². The van der Waals surface area contributed by atoms with Gasteiger partial charge in [-0.25, -0.2) is 0 Å². The van der Waals surface area contributed by atoms with E-state index in [0.717, 1.165) is 18.8 Å². The molecule has 0 radical (unpaired) electrons. The van der Waals surface area contributed by atoms with Crippen LogP contribution in [0.4, 0.5) is 5.69 Å². The Balaban J connectivity index is 1.84. The Labute approximate surface area is 122 Å². The van der Waals surface area contributed by atoms with E-state index in [1.54, 1.807) is 0 Å². The molecule has 1 aromatic carbocycles. The first-order valence-electron chi connectivity index (χ1n) is 7.77. The first-order chi connectivity index (χ1) is 9.65. The minimum Gasteiger partial charge on any atom is -0.325 e. The third kappa shape index (κ3) is 4.64. The minimum atomic E-state index is 0.101. The third-order valence-electron chi connectivity index (χ3n) is 3.93. The zero-order chi connectivity index (χ0) is 14.4. The molecule has 1 amide bonds. The largest absolute Gasteiger partial charge is 0.325 e. The molecule has 1 heterocycles. The first-order valence-corrected chi connectivity index (χ1v) is 7.77. The van der Waals surface area contributed by atoms with E-state index in [9.17, 15) is 4.79 Å². The molecule has 2 rings (SSSR count). The van der Waals surface area contributed by atoms with Crippen molar-refractivity contribution >= 4 is 11.6 Å². The zero-order valence-corrected chi connectivity index (χ0v) is 12.7. The maximum Gasteiger partial charge on any atom is 0.238 e. The van der Waals surface area contributed by atoms with Gasteiger partial charge in [0.25, 0.3) is 0 Å². The lowest BCUT2D eigenvalue weighted by Crippen LogP contribution is -2.33. The molecule has 3 heteroatoms. The van der Waals surface area contributed by atoms with Gasteiger partial charge in [0.05, 0.1) is 6.54 Å². The van der Waals surface area contributed by atoms with E-state index in [2.05, 4.69) is 36.2 Å². The molecule has 1 aliphatic rings. The molecular formula is C17H26N2O. The maximum atomic E-state index is 12.1. The van der Waals surface area contributed by atoms with Gasteiger partial charge in [-0.15, -0.1) is 0 Å². The summed E-state index contributed by atoms with van der Waals surface area (Å²) in [5, 5.41) is 3.00. The average Bonchev–Trinajstić information content (AvgIpc) is 2.68. The number of likely N-dealkylation sites (tertiary alicyclic amines) is 1. The van der Waals surface area contributed by atoms with Crippen LogP contribution in [0, 0.1) is 0 Å². The molecule has 1 fully saturated rings. The monoisotopic (exact) mass is 274 g/mol. The van der Waals surface area contributed by atoms with Crippen LogP contribution >= 0.6 is 0 Å². The van der Waals surface area contributed by atoms with Gasteiger partial charge in [0.2, 0.25) is 5.91 Å². The molecule has 0 atom stereocenters. The lowest BCUT2D eigenvalue weighted by molar-refractivity contribution is -0.117. The Morgan fingerprint density at radius 1 is 1.10 bits per heavy atom. The van der Waals surface area contributed by atoms with Crippen LogP contribution < -0.4 is 5.32 Å². The van der Waals surface area contributed by atoms with Gasteiger partial charge in [0, 0.05) is 5.69 Å². The zero-order valence-electron chi connectivity index (χ0n) is 12.7. The first kappa shape index (κ1) is 15.0. The van der Waals surface area contributed by atoms with Crippen molar-refractivity contribution in [1.82, 2.24) is 4.90 Å². The summed E-state index contributed by atoms with van der Waals surface area (Å²) >= 11 is 0. The molecule has 1 N–H and O–H groups in total. The van der Waals surface area contributed by atoms with Gasteiger partial charge in [-0.05, 0) is 49.5 Å². The summed E-state index contributed by atoms with van der Waals surface area (Å²) in [6.07, 6.45) is 5.04. The average molecular weight is 274 g/mol. The topological polar surface area (TPSA) is 32.3 Å². The summed E-state index contributed by atoms with van der Waals surface area (Å²) in [6, 6.07) is 8.17. The normalized spacial score (nSPS) is 16.9. The molecule has 1 aromatic rings. The third-order valence-corrected chi connectivity index (χ3v) is 3.93. The number of amides is 1. The Morgan fingerprint density at radius 3 is 2.25 bits per heavy atom. The fourth-order valence-corrected chi connectivity index (χ4v) is 2.65. The van der Waals surface area contributed by atoms with Gasteiger partial charge >= 0.3 is 0 Å². The van der Waals surface area contributed by atoms with Crippen LogP contribution in [0.15, 0.2) is 24.3 Å². The van der Waals surface area contributed by atoms with Crippen molar-refractivity contribution in [2.75, 3.05) is 25.0 Å². The predicted molar refractivity (Wildman–Crippen MR) is 84.1 cm³/mol. The smallest absolute Gasteiger partial charge is 0.238 e. The van der Waals surface area contributed by atoms with Crippen molar-refractivity contribution in [2.24, 2.45) is 0 Å². The second-order valence-corrected chi connectivity index (χ2v) is 6.02. The number of nitrogens with one attached hydrogen (secondary N) is 1. The fraction of sp³-hybridized carbons (Fsp3) is 0.588. The van der Waals surface area contributed by atoms with Gasteiger partial charge in [0.15, 0.2) is 0 Å². The van der Waals surface area contributed by atoms with Gasteiger partial charge in [-0.2, -0.15) is 0 Å². The van der Waals surface area contributed by atoms with E-state index < -0.39 is 0 Å². The summed E-state index contributed by atoms with van der Waals surface area (Å²) < 4.78 is 0. The number of anilines is 1. The summed E-state index contributed by atoms with van der Waals surface area (Å²) in [5.74, 6) is 0.626. The molecule has 20 heavy (non-hydrogen) atoms. The maximum absolute atomic E-state index is 12.1. The second kappa shape index (κ2) is 7.44. The number of carbonyl (C=O) groups excluding carboxylic acids is 1. The summed E-state index contributed by atoms with van der Waals surface area (Å²) in [6.45, 7) is 6.98. The number of hydrogen-bond donors (Lipinski definition) is 1. The van der Waals surface area contributed by atoms with Crippen molar-refractivity contribution in [1.29, 1.82) is 0 Å². The number of benzene rings is 1. The fourth-order valence-electron chi connectivity index (χ4n) is 2.65. The Morgan fingerprint density at radius 2 is 1.70 bits per heavy atom. The van der Waals surface area contributed by atoms with Gasteiger partial charge in [0.1, 0.15) is 0 Å². The molecule has 1 saturated heterocycles. The highest BCUT2D eigenvalue weighted by molar-refractivity contribution is 5.92. The van der Waals surface area contributed by atoms with Crippen molar-refractivity contribution in [3.05, 3.63) is 29.8 Å². The Hall–Kier alpha value is -1.35. The molecule has 0 bridgehead atoms. The van der Waals surface area contributed by atoms with Crippen LogP contribution in [0.1, 0.15) is 51.0 Å². The van der Waals surface area contributed by atoms with Crippen molar-refractivity contribution in [2.45, 2.75) is 45.4 Å². The molecule has 3 nitrogen and oxygen atoms in total. The SMILES string of the molecule is CC(C)c1ccc(NC(=O)CN2CCCCCC2)cc1.